The quantitative estimate of drug-likeness (QED) is 0.430. The number of β-lactam (4-membered cyclic amide) rings is 1. The van der Waals surface area contributed by atoms with E-state index in [0.29, 0.717) is 17.9 Å². The fraction of sp³-hybridized carbons (Fsp3) is 0.217. The number of carbonyl (C=O) groups excluding carboxylic acids is 3. The standard InChI is InChI=1S/C23H19N3O4S2/c27-18(11-16-7-4-10-31-16)24-19-21(28)26-20(23(29)30)15(13-32-22(19)26)12-25-9-3-6-14-5-1-2-8-17(14)25/h1-10,19,22H,11-13H2,(H-,24,27,29,30)/t19?,22-/m1/s1. The van der Waals surface area contributed by atoms with Gasteiger partial charge in [0.05, 0.1) is 18.1 Å². The molecule has 162 valence electrons. The molecule has 1 N–H and O–H groups in total. The molecule has 0 bridgehead atoms. The van der Waals surface area contributed by atoms with E-state index < -0.39 is 23.3 Å². The molecule has 2 aliphatic heterocycles. The minimum absolute atomic E-state index is 0.0806. The summed E-state index contributed by atoms with van der Waals surface area (Å²) in [6, 6.07) is 14.8. The Bertz CT molecular complexity index is 1250. The number of thioether (sulfide) groups is 1. The number of carboxylic acids is 1. The molecule has 1 fully saturated rings. The Morgan fingerprint density at radius 3 is 2.75 bits per heavy atom. The Morgan fingerprint density at radius 2 is 1.97 bits per heavy atom. The summed E-state index contributed by atoms with van der Waals surface area (Å²) in [5.74, 6) is -1.60. The summed E-state index contributed by atoms with van der Waals surface area (Å²) in [4.78, 5) is 39.4. The number of nitrogens with zero attached hydrogens (tertiary/aromatic N) is 2. The van der Waals surface area contributed by atoms with Crippen LogP contribution in [0.5, 0.6) is 0 Å². The number of nitrogens with one attached hydrogen (secondary N) is 1. The zero-order chi connectivity index (χ0) is 22.2. The van der Waals surface area contributed by atoms with Gasteiger partial charge in [-0.05, 0) is 23.6 Å². The van der Waals surface area contributed by atoms with Gasteiger partial charge < -0.3 is 15.2 Å². The Labute approximate surface area is 192 Å². The van der Waals surface area contributed by atoms with Crippen LogP contribution < -0.4 is 15.0 Å². The minimum atomic E-state index is -1.37. The van der Waals surface area contributed by atoms with Crippen molar-refractivity contribution in [1.82, 2.24) is 10.2 Å². The van der Waals surface area contributed by atoms with E-state index in [1.807, 2.05) is 64.7 Å². The maximum Gasteiger partial charge on any atom is 0.253 e. The van der Waals surface area contributed by atoms with Crippen LogP contribution in [-0.2, 0) is 27.3 Å². The molecule has 0 radical (unpaired) electrons. The van der Waals surface area contributed by atoms with Crippen molar-refractivity contribution in [1.29, 1.82) is 0 Å². The summed E-state index contributed by atoms with van der Waals surface area (Å²) >= 11 is 2.94. The van der Waals surface area contributed by atoms with E-state index in [-0.39, 0.29) is 18.0 Å². The molecule has 1 saturated heterocycles. The van der Waals surface area contributed by atoms with E-state index in [1.54, 1.807) is 0 Å². The van der Waals surface area contributed by atoms with Crippen molar-refractivity contribution in [2.24, 2.45) is 0 Å². The van der Waals surface area contributed by atoms with Gasteiger partial charge in [0, 0.05) is 33.7 Å². The summed E-state index contributed by atoms with van der Waals surface area (Å²) in [5, 5.41) is 17.3. The first kappa shape index (κ1) is 20.7. The van der Waals surface area contributed by atoms with Gasteiger partial charge in [-0.25, -0.2) is 0 Å². The molecule has 32 heavy (non-hydrogen) atoms. The smallest absolute Gasteiger partial charge is 0.253 e. The number of pyridine rings is 1. The van der Waals surface area contributed by atoms with Crippen LogP contribution in [0, 0.1) is 0 Å². The van der Waals surface area contributed by atoms with Gasteiger partial charge in [-0.1, -0.05) is 18.2 Å². The van der Waals surface area contributed by atoms with Crippen LogP contribution in [0.1, 0.15) is 4.88 Å². The summed E-state index contributed by atoms with van der Waals surface area (Å²) in [5.41, 5.74) is 1.51. The van der Waals surface area contributed by atoms with E-state index in [9.17, 15) is 19.5 Å². The molecule has 1 unspecified atom stereocenters. The number of hydrogen-bond donors (Lipinski definition) is 1. The predicted octanol–water partition coefficient (Wildman–Crippen LogP) is 0.835. The zero-order valence-electron chi connectivity index (χ0n) is 16.9. The molecule has 7 nitrogen and oxygen atoms in total. The molecule has 0 saturated carbocycles. The molecular weight excluding hydrogens is 446 g/mol. The van der Waals surface area contributed by atoms with Gasteiger partial charge in [-0.2, -0.15) is 4.57 Å². The summed E-state index contributed by atoms with van der Waals surface area (Å²) in [7, 11) is 0. The first-order valence-corrected chi connectivity index (χ1v) is 12.0. The van der Waals surface area contributed by atoms with Gasteiger partial charge >= 0.3 is 0 Å². The second-order valence-corrected chi connectivity index (χ2v) is 9.78. The van der Waals surface area contributed by atoms with E-state index in [2.05, 4.69) is 5.32 Å². The van der Waals surface area contributed by atoms with E-state index in [0.717, 1.165) is 15.8 Å². The van der Waals surface area contributed by atoms with Crippen LogP contribution >= 0.6 is 23.1 Å². The molecule has 2 aliphatic rings. The number of hydrogen-bond acceptors (Lipinski definition) is 6. The fourth-order valence-corrected chi connectivity index (χ4v) is 6.19. The molecule has 2 aromatic heterocycles. The molecule has 2 amide bonds. The Balaban J connectivity index is 1.37. The summed E-state index contributed by atoms with van der Waals surface area (Å²) in [6.45, 7) is 0.337. The topological polar surface area (TPSA) is 93.4 Å². The van der Waals surface area contributed by atoms with Gasteiger partial charge in [0.15, 0.2) is 12.7 Å². The number of carbonyl (C=O) groups is 3. The summed E-state index contributed by atoms with van der Waals surface area (Å²) < 4.78 is 1.97. The summed E-state index contributed by atoms with van der Waals surface area (Å²) in [6.07, 6.45) is 2.09. The number of thiophene rings is 1. The van der Waals surface area contributed by atoms with Crippen LogP contribution in [0.4, 0.5) is 0 Å². The van der Waals surface area contributed by atoms with Crippen LogP contribution in [0.25, 0.3) is 10.9 Å². The molecule has 2 atom stereocenters. The number of rotatable bonds is 6. The average Bonchev–Trinajstić information content (AvgIpc) is 3.30. The van der Waals surface area contributed by atoms with Gasteiger partial charge in [-0.3, -0.25) is 14.5 Å². The number of carboxylic acid groups (broad SMARTS) is 1. The molecule has 0 spiro atoms. The minimum Gasteiger partial charge on any atom is -0.543 e. The van der Waals surface area contributed by atoms with Gasteiger partial charge in [0.25, 0.3) is 5.91 Å². The lowest BCUT2D eigenvalue weighted by molar-refractivity contribution is -0.663. The average molecular weight is 466 g/mol. The number of para-hydroxylation sites is 1. The van der Waals surface area contributed by atoms with Crippen LogP contribution in [-0.4, -0.2) is 39.9 Å². The second kappa shape index (κ2) is 8.40. The van der Waals surface area contributed by atoms with Crippen molar-refractivity contribution in [3.05, 3.63) is 76.3 Å². The molecule has 5 rings (SSSR count). The third-order valence-corrected chi connectivity index (χ3v) is 7.84. The molecule has 1 aromatic carbocycles. The third-order valence-electron chi connectivity index (χ3n) is 5.62. The highest BCUT2D eigenvalue weighted by molar-refractivity contribution is 8.00. The van der Waals surface area contributed by atoms with Crippen molar-refractivity contribution in [2.45, 2.75) is 24.4 Å². The Morgan fingerprint density at radius 1 is 1.16 bits per heavy atom. The van der Waals surface area contributed by atoms with Crippen LogP contribution in [0.15, 0.2) is 71.4 Å². The maximum absolute atomic E-state index is 12.8. The van der Waals surface area contributed by atoms with Crippen molar-refractivity contribution >= 4 is 51.8 Å². The zero-order valence-corrected chi connectivity index (χ0v) is 18.5. The van der Waals surface area contributed by atoms with Crippen molar-refractivity contribution in [2.75, 3.05) is 5.75 Å². The Hall–Kier alpha value is -3.17. The largest absolute Gasteiger partial charge is 0.543 e. The van der Waals surface area contributed by atoms with Gasteiger partial charge in [0.2, 0.25) is 11.4 Å². The highest BCUT2D eigenvalue weighted by Crippen LogP contribution is 2.40. The first-order chi connectivity index (χ1) is 15.5. The maximum atomic E-state index is 12.8. The third kappa shape index (κ3) is 3.67. The van der Waals surface area contributed by atoms with E-state index >= 15 is 0 Å². The van der Waals surface area contributed by atoms with Gasteiger partial charge in [-0.15, -0.1) is 23.1 Å². The highest BCUT2D eigenvalue weighted by Gasteiger charge is 2.53. The predicted molar refractivity (Wildman–Crippen MR) is 119 cm³/mol. The van der Waals surface area contributed by atoms with Crippen LogP contribution in [0.3, 0.4) is 0 Å². The highest BCUT2D eigenvalue weighted by atomic mass is 32.2. The fourth-order valence-electron chi connectivity index (χ4n) is 4.15. The SMILES string of the molecule is O=C(Cc1cccs1)NC1C(=O)N2C(C(=O)[O-])=C(C[n+]3cccc4ccccc43)CS[C@H]12. The Kier molecular flexibility index (Phi) is 5.44. The van der Waals surface area contributed by atoms with Gasteiger partial charge in [0.1, 0.15) is 11.4 Å². The van der Waals surface area contributed by atoms with Crippen LogP contribution in [0.2, 0.25) is 0 Å². The first-order valence-electron chi connectivity index (χ1n) is 10.1. The molecule has 4 heterocycles. The lowest BCUT2D eigenvalue weighted by Gasteiger charge is -2.50. The molecular formula is C23H19N3O4S2. The van der Waals surface area contributed by atoms with E-state index in [4.69, 9.17) is 0 Å². The molecule has 3 aromatic rings. The second-order valence-electron chi connectivity index (χ2n) is 7.65. The van der Waals surface area contributed by atoms with E-state index in [1.165, 1.54) is 28.0 Å². The lowest BCUT2D eigenvalue weighted by atomic mass is 10.0. The number of fused-ring (bicyclic) bond motifs is 2. The molecule has 9 heteroatoms. The monoisotopic (exact) mass is 465 g/mol. The normalized spacial score (nSPS) is 20.1. The molecule has 0 aliphatic carbocycles. The van der Waals surface area contributed by atoms with Crippen molar-refractivity contribution in [3.63, 3.8) is 0 Å². The van der Waals surface area contributed by atoms with Crippen molar-refractivity contribution < 1.29 is 24.1 Å². The number of aromatic nitrogens is 1. The number of amides is 2. The van der Waals surface area contributed by atoms with Crippen molar-refractivity contribution in [3.8, 4) is 0 Å². The lowest BCUT2D eigenvalue weighted by Crippen LogP contribution is -2.71. The number of aliphatic carboxylic acids is 1. The number of benzene rings is 1.